The van der Waals surface area contributed by atoms with Crippen LogP contribution in [0, 0.1) is 5.82 Å². The van der Waals surface area contributed by atoms with E-state index < -0.39 is 24.8 Å². The van der Waals surface area contributed by atoms with Crippen molar-refractivity contribution in [1.82, 2.24) is 4.98 Å². The van der Waals surface area contributed by atoms with E-state index in [2.05, 4.69) is 4.98 Å². The third-order valence-corrected chi connectivity index (χ3v) is 2.27. The zero-order valence-electron chi connectivity index (χ0n) is 6.98. The number of nitrogens with zero attached hydrogens (tertiary/aromatic N) is 2. The normalized spacial score (nSPS) is 19.3. The molecule has 1 saturated heterocycles. The molecule has 0 aliphatic carbocycles. The summed E-state index contributed by atoms with van der Waals surface area (Å²) in [5.74, 6) is -3.37. The largest absolute Gasteiger partial charge is 0.358 e. The highest BCUT2D eigenvalue weighted by Crippen LogP contribution is 2.32. The van der Waals surface area contributed by atoms with Gasteiger partial charge in [0, 0.05) is 6.07 Å². The van der Waals surface area contributed by atoms with Gasteiger partial charge in [0.2, 0.25) is 0 Å². The lowest BCUT2D eigenvalue weighted by molar-refractivity contribution is -0.0263. The molecule has 0 spiro atoms. The van der Waals surface area contributed by atoms with Gasteiger partial charge in [-0.2, -0.15) is 0 Å². The van der Waals surface area contributed by atoms with Crippen LogP contribution >= 0.6 is 11.6 Å². The molecule has 0 saturated carbocycles. The number of hydrogen-bond donors (Lipinski definition) is 0. The number of hydrogen-bond acceptors (Lipinski definition) is 2. The van der Waals surface area contributed by atoms with Gasteiger partial charge in [-0.3, -0.25) is 0 Å². The van der Waals surface area contributed by atoms with Crippen molar-refractivity contribution in [2.75, 3.05) is 18.0 Å². The minimum atomic E-state index is -2.67. The van der Waals surface area contributed by atoms with Crippen molar-refractivity contribution in [3.05, 3.63) is 23.2 Å². The second kappa shape index (κ2) is 3.02. The minimum absolute atomic E-state index is 0.249. The summed E-state index contributed by atoms with van der Waals surface area (Å²) in [6, 6.07) is 1.10. The van der Waals surface area contributed by atoms with Crippen LogP contribution in [0.4, 0.5) is 18.9 Å². The molecule has 76 valence electrons. The van der Waals surface area contributed by atoms with Crippen molar-refractivity contribution in [2.24, 2.45) is 0 Å². The molecule has 2 nitrogen and oxygen atoms in total. The minimum Gasteiger partial charge on any atom is -0.358 e. The number of alkyl halides is 2. The van der Waals surface area contributed by atoms with Crippen LogP contribution in [0.1, 0.15) is 0 Å². The molecule has 1 aliphatic heterocycles. The van der Waals surface area contributed by atoms with E-state index in [9.17, 15) is 13.2 Å². The van der Waals surface area contributed by atoms with Crippen molar-refractivity contribution >= 4 is 17.3 Å². The zero-order chi connectivity index (χ0) is 10.3. The Hall–Kier alpha value is -0.970. The number of pyridine rings is 1. The Bertz CT molecular complexity index is 362. The van der Waals surface area contributed by atoms with Crippen LogP contribution in [0.5, 0.6) is 0 Å². The molecule has 1 aliphatic rings. The summed E-state index contributed by atoms with van der Waals surface area (Å²) in [5, 5.41) is -0.249. The Morgan fingerprint density at radius 2 is 2.07 bits per heavy atom. The lowest BCUT2D eigenvalue weighted by Crippen LogP contribution is -2.56. The molecule has 14 heavy (non-hydrogen) atoms. The van der Waals surface area contributed by atoms with Crippen molar-refractivity contribution < 1.29 is 13.2 Å². The molecule has 2 rings (SSSR count). The van der Waals surface area contributed by atoms with Gasteiger partial charge in [0.1, 0.15) is 0 Å². The predicted molar refractivity (Wildman–Crippen MR) is 46.4 cm³/mol. The topological polar surface area (TPSA) is 16.1 Å². The molecule has 0 unspecified atom stereocenters. The number of halogens is 4. The van der Waals surface area contributed by atoms with Crippen molar-refractivity contribution in [2.45, 2.75) is 5.92 Å². The third kappa shape index (κ3) is 1.64. The van der Waals surface area contributed by atoms with Gasteiger partial charge >= 0.3 is 0 Å². The van der Waals surface area contributed by atoms with Gasteiger partial charge in [-0.15, -0.1) is 0 Å². The van der Waals surface area contributed by atoms with Crippen molar-refractivity contribution in [1.29, 1.82) is 0 Å². The Kier molecular flexibility index (Phi) is 2.06. The Balaban J connectivity index is 2.16. The summed E-state index contributed by atoms with van der Waals surface area (Å²) >= 11 is 5.35. The second-order valence-corrected chi connectivity index (χ2v) is 3.54. The van der Waals surface area contributed by atoms with E-state index in [0.717, 1.165) is 6.07 Å². The van der Waals surface area contributed by atoms with Crippen LogP contribution in [0.15, 0.2) is 12.3 Å². The first-order chi connectivity index (χ1) is 6.48. The van der Waals surface area contributed by atoms with Gasteiger partial charge in [0.15, 0.2) is 11.0 Å². The van der Waals surface area contributed by atoms with E-state index in [1.165, 1.54) is 11.1 Å². The lowest BCUT2D eigenvalue weighted by atomic mass is 10.1. The molecular formula is C8H6ClF3N2. The molecule has 0 N–H and O–H groups in total. The predicted octanol–water partition coefficient (Wildman–Crippen LogP) is 2.33. The maximum atomic E-state index is 12.9. The summed E-state index contributed by atoms with van der Waals surface area (Å²) in [6.07, 6.45) is 1.28. The van der Waals surface area contributed by atoms with E-state index in [1.807, 2.05) is 0 Å². The average Bonchev–Trinajstić information content (AvgIpc) is 2.06. The summed E-state index contributed by atoms with van der Waals surface area (Å²) in [7, 11) is 0. The highest BCUT2D eigenvalue weighted by molar-refractivity contribution is 6.29. The second-order valence-electron chi connectivity index (χ2n) is 3.18. The first-order valence-electron chi connectivity index (χ1n) is 3.92. The lowest BCUT2D eigenvalue weighted by Gasteiger charge is -2.40. The molecule has 0 amide bonds. The van der Waals surface area contributed by atoms with Crippen molar-refractivity contribution in [3.8, 4) is 0 Å². The molecule has 6 heteroatoms. The molecule has 0 aromatic carbocycles. The van der Waals surface area contributed by atoms with Crippen LogP contribution in [-0.4, -0.2) is 24.0 Å². The first-order valence-corrected chi connectivity index (χ1v) is 4.29. The Morgan fingerprint density at radius 3 is 2.57 bits per heavy atom. The summed E-state index contributed by atoms with van der Waals surface area (Å²) in [6.45, 7) is -0.786. The van der Waals surface area contributed by atoms with E-state index in [4.69, 9.17) is 11.6 Å². The van der Waals surface area contributed by atoms with Crippen LogP contribution in [0.3, 0.4) is 0 Å². The van der Waals surface area contributed by atoms with Gasteiger partial charge in [-0.05, 0) is 0 Å². The van der Waals surface area contributed by atoms with Gasteiger partial charge in [-0.25, -0.2) is 18.2 Å². The van der Waals surface area contributed by atoms with Crippen LogP contribution in [0.2, 0.25) is 5.15 Å². The smallest absolute Gasteiger partial charge is 0.282 e. The fourth-order valence-corrected chi connectivity index (χ4v) is 1.38. The van der Waals surface area contributed by atoms with E-state index in [-0.39, 0.29) is 5.15 Å². The van der Waals surface area contributed by atoms with Gasteiger partial charge in [0.25, 0.3) is 5.92 Å². The van der Waals surface area contributed by atoms with E-state index in [1.54, 1.807) is 0 Å². The van der Waals surface area contributed by atoms with Gasteiger partial charge in [-0.1, -0.05) is 11.6 Å². The monoisotopic (exact) mass is 222 g/mol. The highest BCUT2D eigenvalue weighted by atomic mass is 35.5. The summed E-state index contributed by atoms with van der Waals surface area (Å²) in [4.78, 5) is 4.87. The summed E-state index contributed by atoms with van der Waals surface area (Å²) < 4.78 is 37.8. The van der Waals surface area contributed by atoms with E-state index in [0.29, 0.717) is 5.69 Å². The standard InChI is InChI=1S/C8H6ClF3N2/c9-7-6(10)1-5(2-13-7)14-3-8(11,12)4-14/h1-2H,3-4H2. The van der Waals surface area contributed by atoms with Crippen LogP contribution in [-0.2, 0) is 0 Å². The van der Waals surface area contributed by atoms with E-state index >= 15 is 0 Å². The zero-order valence-corrected chi connectivity index (χ0v) is 7.73. The highest BCUT2D eigenvalue weighted by Gasteiger charge is 2.44. The first kappa shape index (κ1) is 9.58. The molecule has 1 aromatic heterocycles. The molecule has 0 atom stereocenters. The average molecular weight is 223 g/mol. The Morgan fingerprint density at radius 1 is 1.43 bits per heavy atom. The van der Waals surface area contributed by atoms with Crippen LogP contribution < -0.4 is 4.90 Å². The van der Waals surface area contributed by atoms with Crippen LogP contribution in [0.25, 0.3) is 0 Å². The maximum absolute atomic E-state index is 12.9. The number of rotatable bonds is 1. The fraction of sp³-hybridized carbons (Fsp3) is 0.375. The molecule has 0 bridgehead atoms. The number of aromatic nitrogens is 1. The van der Waals surface area contributed by atoms with Gasteiger partial charge in [0.05, 0.1) is 25.0 Å². The summed E-state index contributed by atoms with van der Waals surface area (Å²) in [5.41, 5.74) is 0.331. The molecule has 0 radical (unpaired) electrons. The SMILES string of the molecule is Fc1cc(N2CC(F)(F)C2)cnc1Cl. The molecule has 1 aromatic rings. The van der Waals surface area contributed by atoms with Gasteiger partial charge < -0.3 is 4.90 Å². The maximum Gasteiger partial charge on any atom is 0.282 e. The molecule has 2 heterocycles. The quantitative estimate of drug-likeness (QED) is 0.678. The number of anilines is 1. The van der Waals surface area contributed by atoms with Crippen molar-refractivity contribution in [3.63, 3.8) is 0 Å². The third-order valence-electron chi connectivity index (χ3n) is 1.99. The molecular weight excluding hydrogens is 217 g/mol. The Labute approximate surface area is 83.3 Å². The molecule has 1 fully saturated rings. The fourth-order valence-electron chi connectivity index (χ4n) is 1.28.